The molecular weight excluding hydrogens is 219 g/mol. The summed E-state index contributed by atoms with van der Waals surface area (Å²) in [5, 5.41) is 0.322. The first-order valence-electron chi connectivity index (χ1n) is 4.61. The van der Waals surface area contributed by atoms with E-state index in [0.29, 0.717) is 16.9 Å². The van der Waals surface area contributed by atoms with Crippen molar-refractivity contribution >= 4 is 23.2 Å². The minimum absolute atomic E-state index is 0.201. The Kier molecular flexibility index (Phi) is 3.73. The van der Waals surface area contributed by atoms with Crippen molar-refractivity contribution in [1.82, 2.24) is 9.97 Å². The average Bonchev–Trinajstić information content (AvgIpc) is 2.01. The van der Waals surface area contributed by atoms with Crippen LogP contribution in [0.4, 0.5) is 0 Å². The molecule has 0 aliphatic heterocycles. The van der Waals surface area contributed by atoms with Gasteiger partial charge in [0.25, 0.3) is 0 Å². The quantitative estimate of drug-likeness (QED) is 0.572. The SMILES string of the molecule is Cc1nc(C(C)Cl)nc(Cl)c1C(C)C. The largest absolute Gasteiger partial charge is 0.236 e. The van der Waals surface area contributed by atoms with Crippen LogP contribution < -0.4 is 0 Å². The fourth-order valence-corrected chi connectivity index (χ4v) is 1.94. The number of rotatable bonds is 2. The minimum atomic E-state index is -0.201. The summed E-state index contributed by atoms with van der Waals surface area (Å²) in [4.78, 5) is 8.50. The van der Waals surface area contributed by atoms with Gasteiger partial charge in [0.2, 0.25) is 0 Å². The summed E-state index contributed by atoms with van der Waals surface area (Å²) in [7, 11) is 0. The average molecular weight is 233 g/mol. The van der Waals surface area contributed by atoms with Gasteiger partial charge >= 0.3 is 0 Å². The lowest BCUT2D eigenvalue weighted by Crippen LogP contribution is -2.04. The van der Waals surface area contributed by atoms with Crippen LogP contribution in [-0.2, 0) is 0 Å². The lowest BCUT2D eigenvalue weighted by molar-refractivity contribution is 0.800. The number of hydrogen-bond donors (Lipinski definition) is 0. The zero-order chi connectivity index (χ0) is 10.9. The third kappa shape index (κ3) is 2.37. The van der Waals surface area contributed by atoms with Gasteiger partial charge in [-0.05, 0) is 19.8 Å². The van der Waals surface area contributed by atoms with Crippen molar-refractivity contribution in [3.8, 4) is 0 Å². The van der Waals surface area contributed by atoms with Crippen LogP contribution in [0, 0.1) is 6.92 Å². The van der Waals surface area contributed by atoms with Crippen LogP contribution in [0.15, 0.2) is 0 Å². The molecule has 0 aromatic carbocycles. The maximum Gasteiger partial charge on any atom is 0.147 e. The predicted octanol–water partition coefficient (Wildman–Crippen LogP) is 3.86. The molecule has 1 aromatic rings. The van der Waals surface area contributed by atoms with Crippen molar-refractivity contribution in [2.75, 3.05) is 0 Å². The lowest BCUT2D eigenvalue weighted by atomic mass is 10.0. The van der Waals surface area contributed by atoms with E-state index in [-0.39, 0.29) is 5.38 Å². The zero-order valence-corrected chi connectivity index (χ0v) is 10.3. The van der Waals surface area contributed by atoms with Crippen molar-refractivity contribution in [1.29, 1.82) is 0 Å². The van der Waals surface area contributed by atoms with Crippen LogP contribution >= 0.6 is 23.2 Å². The first-order chi connectivity index (χ1) is 6.43. The number of hydrogen-bond acceptors (Lipinski definition) is 2. The summed E-state index contributed by atoms with van der Waals surface area (Å²) < 4.78 is 0. The molecule has 1 aromatic heterocycles. The molecule has 1 atom stereocenters. The Bertz CT molecular complexity index is 312. The van der Waals surface area contributed by atoms with E-state index in [1.807, 2.05) is 13.8 Å². The van der Waals surface area contributed by atoms with Crippen molar-refractivity contribution in [2.45, 2.75) is 39.0 Å². The monoisotopic (exact) mass is 232 g/mol. The number of alkyl halides is 1. The second kappa shape index (κ2) is 4.45. The minimum Gasteiger partial charge on any atom is -0.236 e. The molecule has 1 unspecified atom stereocenters. The molecule has 1 heterocycles. The van der Waals surface area contributed by atoms with Gasteiger partial charge in [0, 0.05) is 11.3 Å². The van der Waals surface area contributed by atoms with E-state index >= 15 is 0 Å². The van der Waals surface area contributed by atoms with E-state index in [9.17, 15) is 0 Å². The third-order valence-electron chi connectivity index (χ3n) is 2.04. The number of aryl methyl sites for hydroxylation is 1. The summed E-state index contributed by atoms with van der Waals surface area (Å²) in [5.74, 6) is 0.931. The van der Waals surface area contributed by atoms with Crippen molar-refractivity contribution < 1.29 is 0 Å². The topological polar surface area (TPSA) is 25.8 Å². The van der Waals surface area contributed by atoms with Gasteiger partial charge < -0.3 is 0 Å². The standard InChI is InChI=1S/C10H14Cl2N2/c1-5(2)8-7(4)13-10(6(3)11)14-9(8)12/h5-6H,1-4H3. The molecule has 4 heteroatoms. The lowest BCUT2D eigenvalue weighted by Gasteiger charge is -2.12. The second-order valence-corrected chi connectivity index (χ2v) is 4.66. The van der Waals surface area contributed by atoms with E-state index in [0.717, 1.165) is 11.3 Å². The van der Waals surface area contributed by atoms with E-state index < -0.39 is 0 Å². The molecule has 0 saturated carbocycles. The molecule has 0 radical (unpaired) electrons. The first-order valence-corrected chi connectivity index (χ1v) is 5.43. The Hall–Kier alpha value is -0.340. The van der Waals surface area contributed by atoms with Gasteiger partial charge in [-0.25, -0.2) is 9.97 Å². The molecule has 0 bridgehead atoms. The Balaban J connectivity index is 3.25. The van der Waals surface area contributed by atoms with Crippen molar-refractivity contribution in [2.24, 2.45) is 0 Å². The van der Waals surface area contributed by atoms with E-state index in [1.54, 1.807) is 0 Å². The predicted molar refractivity (Wildman–Crippen MR) is 60.1 cm³/mol. The van der Waals surface area contributed by atoms with Gasteiger partial charge in [-0.15, -0.1) is 11.6 Å². The van der Waals surface area contributed by atoms with Crippen LogP contribution in [0.2, 0.25) is 5.15 Å². The molecule has 14 heavy (non-hydrogen) atoms. The highest BCUT2D eigenvalue weighted by molar-refractivity contribution is 6.30. The van der Waals surface area contributed by atoms with Crippen LogP contribution in [0.25, 0.3) is 0 Å². The van der Waals surface area contributed by atoms with Gasteiger partial charge in [-0.1, -0.05) is 25.4 Å². The van der Waals surface area contributed by atoms with E-state index in [1.165, 1.54) is 0 Å². The van der Waals surface area contributed by atoms with Crippen LogP contribution in [0.3, 0.4) is 0 Å². The molecule has 0 aliphatic rings. The molecule has 0 saturated heterocycles. The maximum atomic E-state index is 6.06. The van der Waals surface area contributed by atoms with Crippen LogP contribution in [0.1, 0.15) is 49.1 Å². The number of aromatic nitrogens is 2. The summed E-state index contributed by atoms with van der Waals surface area (Å²) in [5.41, 5.74) is 1.93. The molecule has 0 aliphatic carbocycles. The fraction of sp³-hybridized carbons (Fsp3) is 0.600. The van der Waals surface area contributed by atoms with Crippen molar-refractivity contribution in [3.05, 3.63) is 22.2 Å². The van der Waals surface area contributed by atoms with Gasteiger partial charge in [-0.3, -0.25) is 0 Å². The van der Waals surface area contributed by atoms with Gasteiger partial charge in [0.15, 0.2) is 0 Å². The molecule has 0 spiro atoms. The van der Waals surface area contributed by atoms with Gasteiger partial charge in [0.1, 0.15) is 11.0 Å². The molecule has 0 amide bonds. The first kappa shape index (κ1) is 11.7. The third-order valence-corrected chi connectivity index (χ3v) is 2.52. The molecule has 0 N–H and O–H groups in total. The zero-order valence-electron chi connectivity index (χ0n) is 8.81. The van der Waals surface area contributed by atoms with Gasteiger partial charge in [0.05, 0.1) is 5.38 Å². The highest BCUT2D eigenvalue weighted by atomic mass is 35.5. The number of halogens is 2. The summed E-state index contributed by atoms with van der Waals surface area (Å²) >= 11 is 12.0. The van der Waals surface area contributed by atoms with Crippen LogP contribution in [0.5, 0.6) is 0 Å². The molecule has 2 nitrogen and oxygen atoms in total. The Morgan fingerprint density at radius 3 is 2.07 bits per heavy atom. The summed E-state index contributed by atoms with van der Waals surface area (Å²) in [6.07, 6.45) is 0. The second-order valence-electron chi connectivity index (χ2n) is 3.64. The Morgan fingerprint density at radius 1 is 1.14 bits per heavy atom. The Morgan fingerprint density at radius 2 is 1.71 bits per heavy atom. The smallest absolute Gasteiger partial charge is 0.147 e. The fourth-order valence-electron chi connectivity index (χ4n) is 1.40. The molecular formula is C10H14Cl2N2. The van der Waals surface area contributed by atoms with Crippen LogP contribution in [-0.4, -0.2) is 9.97 Å². The van der Waals surface area contributed by atoms with E-state index in [4.69, 9.17) is 23.2 Å². The molecule has 1 rings (SSSR count). The van der Waals surface area contributed by atoms with Crippen molar-refractivity contribution in [3.63, 3.8) is 0 Å². The maximum absolute atomic E-state index is 6.06. The van der Waals surface area contributed by atoms with E-state index in [2.05, 4.69) is 23.8 Å². The Labute approximate surface area is 94.7 Å². The van der Waals surface area contributed by atoms with Gasteiger partial charge in [-0.2, -0.15) is 0 Å². The normalized spacial score (nSPS) is 13.4. The summed E-state index contributed by atoms with van der Waals surface area (Å²) in [6.45, 7) is 7.91. The highest BCUT2D eigenvalue weighted by Crippen LogP contribution is 2.27. The highest BCUT2D eigenvalue weighted by Gasteiger charge is 2.14. The summed E-state index contributed by atoms with van der Waals surface area (Å²) in [6, 6.07) is 0. The molecule has 0 fully saturated rings. The molecule has 78 valence electrons. The number of nitrogens with zero attached hydrogens (tertiary/aromatic N) is 2.